The molecular weight excluding hydrogens is 276 g/mol. The molecule has 0 radical (unpaired) electrons. The summed E-state index contributed by atoms with van der Waals surface area (Å²) >= 11 is 1.71. The number of amides is 2. The molecule has 1 N–H and O–H groups in total. The Morgan fingerprint density at radius 1 is 1.35 bits per heavy atom. The number of carbonyl (C=O) groups is 2. The monoisotopic (exact) mass is 302 g/mol. The van der Waals surface area contributed by atoms with Gasteiger partial charge in [-0.15, -0.1) is 0 Å². The average molecular weight is 302 g/mol. The van der Waals surface area contributed by atoms with E-state index in [-0.39, 0.29) is 24.7 Å². The summed E-state index contributed by atoms with van der Waals surface area (Å²) in [5.74, 6) is -0.0545. The number of carboxylic acid groups (broad SMARTS) is 1. The molecule has 1 atom stereocenters. The van der Waals surface area contributed by atoms with E-state index in [0.717, 1.165) is 37.9 Å². The van der Waals surface area contributed by atoms with Gasteiger partial charge in [-0.1, -0.05) is 19.8 Å². The van der Waals surface area contributed by atoms with E-state index in [0.29, 0.717) is 0 Å². The Bertz CT molecular complexity index is 332. The fourth-order valence-corrected chi connectivity index (χ4v) is 3.61. The molecule has 116 valence electrons. The van der Waals surface area contributed by atoms with Crippen molar-refractivity contribution in [2.75, 3.05) is 25.6 Å². The molecule has 1 rings (SSSR count). The molecule has 0 aromatic heterocycles. The van der Waals surface area contributed by atoms with Crippen molar-refractivity contribution in [1.82, 2.24) is 9.80 Å². The lowest BCUT2D eigenvalue weighted by Gasteiger charge is -2.35. The average Bonchev–Trinajstić information content (AvgIpc) is 2.94. The van der Waals surface area contributed by atoms with Crippen molar-refractivity contribution in [2.45, 2.75) is 51.1 Å². The van der Waals surface area contributed by atoms with Gasteiger partial charge in [-0.2, -0.15) is 11.8 Å². The van der Waals surface area contributed by atoms with Crippen LogP contribution in [0.15, 0.2) is 0 Å². The summed E-state index contributed by atoms with van der Waals surface area (Å²) in [6, 6.07) is 0.114. The highest BCUT2D eigenvalue weighted by Crippen LogP contribution is 2.25. The van der Waals surface area contributed by atoms with Gasteiger partial charge in [0.15, 0.2) is 0 Å². The van der Waals surface area contributed by atoms with E-state index >= 15 is 0 Å². The van der Waals surface area contributed by atoms with Crippen LogP contribution < -0.4 is 0 Å². The molecule has 0 spiro atoms. The molecule has 5 nitrogen and oxygen atoms in total. The van der Waals surface area contributed by atoms with Crippen LogP contribution in [0.5, 0.6) is 0 Å². The van der Waals surface area contributed by atoms with E-state index < -0.39 is 5.97 Å². The van der Waals surface area contributed by atoms with Crippen LogP contribution >= 0.6 is 11.8 Å². The normalized spacial score (nSPS) is 16.9. The van der Waals surface area contributed by atoms with Gasteiger partial charge in [-0.25, -0.2) is 4.79 Å². The summed E-state index contributed by atoms with van der Waals surface area (Å²) in [5.41, 5.74) is 0. The van der Waals surface area contributed by atoms with Crippen LogP contribution in [0.25, 0.3) is 0 Å². The van der Waals surface area contributed by atoms with Crippen LogP contribution in [0.2, 0.25) is 0 Å². The molecule has 1 saturated carbocycles. The maximum atomic E-state index is 12.6. The first-order valence-corrected chi connectivity index (χ1v) is 8.64. The number of thioether (sulfide) groups is 1. The van der Waals surface area contributed by atoms with Crippen LogP contribution in [0.4, 0.5) is 4.79 Å². The maximum Gasteiger partial charge on any atom is 0.323 e. The van der Waals surface area contributed by atoms with Crippen molar-refractivity contribution in [1.29, 1.82) is 0 Å². The molecule has 1 unspecified atom stereocenters. The number of carboxylic acids is 1. The minimum atomic E-state index is -0.934. The first kappa shape index (κ1) is 17.1. The predicted octanol–water partition coefficient (Wildman–Crippen LogP) is 2.51. The van der Waals surface area contributed by atoms with Crippen molar-refractivity contribution >= 4 is 23.8 Å². The summed E-state index contributed by atoms with van der Waals surface area (Å²) in [7, 11) is 1.79. The lowest BCUT2D eigenvalue weighted by Crippen LogP contribution is -2.51. The fraction of sp³-hybridized carbons (Fsp3) is 0.857. The molecule has 1 fully saturated rings. The van der Waals surface area contributed by atoms with Gasteiger partial charge in [0.05, 0.1) is 0 Å². The molecular formula is C14H26N2O3S. The van der Waals surface area contributed by atoms with Gasteiger partial charge in [0.25, 0.3) is 0 Å². The smallest absolute Gasteiger partial charge is 0.323 e. The van der Waals surface area contributed by atoms with Crippen molar-refractivity contribution in [3.8, 4) is 0 Å². The third kappa shape index (κ3) is 4.58. The van der Waals surface area contributed by atoms with Gasteiger partial charge < -0.3 is 14.9 Å². The highest BCUT2D eigenvalue weighted by Gasteiger charge is 2.32. The third-order valence-electron chi connectivity index (χ3n) is 4.00. The van der Waals surface area contributed by atoms with Crippen LogP contribution in [0.1, 0.15) is 39.0 Å². The van der Waals surface area contributed by atoms with Crippen molar-refractivity contribution in [2.24, 2.45) is 0 Å². The summed E-state index contributed by atoms with van der Waals surface area (Å²) < 4.78 is 0. The summed E-state index contributed by atoms with van der Waals surface area (Å²) in [6.45, 7) is 1.87. The zero-order valence-electron chi connectivity index (χ0n) is 12.7. The minimum Gasteiger partial charge on any atom is -0.480 e. The molecule has 0 heterocycles. The van der Waals surface area contributed by atoms with E-state index in [1.807, 2.05) is 6.26 Å². The molecule has 0 saturated heterocycles. The molecule has 20 heavy (non-hydrogen) atoms. The Hall–Kier alpha value is -0.910. The second-order valence-corrected chi connectivity index (χ2v) is 6.28. The number of nitrogens with zero attached hydrogens (tertiary/aromatic N) is 2. The van der Waals surface area contributed by atoms with E-state index in [1.165, 1.54) is 0 Å². The standard InChI is InChI=1S/C14H26N2O3S/c1-4-11(10-20-3)15(2)14(19)16(9-13(17)18)12-7-5-6-8-12/h11-12H,4-10H2,1-3H3,(H,17,18). The Kier molecular flexibility index (Phi) is 7.19. The van der Waals surface area contributed by atoms with E-state index in [1.54, 1.807) is 28.6 Å². The van der Waals surface area contributed by atoms with Gasteiger partial charge in [0.2, 0.25) is 0 Å². The van der Waals surface area contributed by atoms with Gasteiger partial charge >= 0.3 is 12.0 Å². The molecule has 6 heteroatoms. The van der Waals surface area contributed by atoms with Gasteiger partial charge in [-0.05, 0) is 25.5 Å². The number of hydrogen-bond acceptors (Lipinski definition) is 3. The fourth-order valence-electron chi connectivity index (χ4n) is 2.77. The van der Waals surface area contributed by atoms with E-state index in [9.17, 15) is 9.59 Å². The Balaban J connectivity index is 2.77. The number of urea groups is 1. The molecule has 0 aromatic carbocycles. The Morgan fingerprint density at radius 3 is 2.40 bits per heavy atom. The van der Waals surface area contributed by atoms with Crippen LogP contribution in [0.3, 0.4) is 0 Å². The van der Waals surface area contributed by atoms with Crippen molar-refractivity contribution < 1.29 is 14.7 Å². The van der Waals surface area contributed by atoms with Gasteiger partial charge in [-0.3, -0.25) is 4.79 Å². The first-order valence-electron chi connectivity index (χ1n) is 7.25. The van der Waals surface area contributed by atoms with Gasteiger partial charge in [0.1, 0.15) is 6.54 Å². The highest BCUT2D eigenvalue weighted by atomic mass is 32.2. The summed E-state index contributed by atoms with van der Waals surface area (Å²) in [5, 5.41) is 9.06. The largest absolute Gasteiger partial charge is 0.480 e. The lowest BCUT2D eigenvalue weighted by molar-refractivity contribution is -0.138. The Morgan fingerprint density at radius 2 is 1.95 bits per heavy atom. The number of aliphatic carboxylic acids is 1. The molecule has 0 bridgehead atoms. The first-order chi connectivity index (χ1) is 9.51. The summed E-state index contributed by atoms with van der Waals surface area (Å²) in [6.07, 6.45) is 6.92. The molecule has 1 aliphatic rings. The van der Waals surface area contributed by atoms with E-state index in [2.05, 4.69) is 6.92 Å². The Labute approximate surface area is 125 Å². The maximum absolute atomic E-state index is 12.6. The lowest BCUT2D eigenvalue weighted by atomic mass is 10.2. The predicted molar refractivity (Wildman–Crippen MR) is 82.2 cm³/mol. The molecule has 2 amide bonds. The van der Waals surface area contributed by atoms with E-state index in [4.69, 9.17) is 5.11 Å². The SMILES string of the molecule is CCC(CSC)N(C)C(=O)N(CC(=O)O)C1CCCC1. The molecule has 1 aliphatic carbocycles. The highest BCUT2D eigenvalue weighted by molar-refractivity contribution is 7.98. The zero-order chi connectivity index (χ0) is 15.1. The topological polar surface area (TPSA) is 60.9 Å². The second kappa shape index (κ2) is 8.39. The number of rotatable bonds is 7. The zero-order valence-corrected chi connectivity index (χ0v) is 13.5. The van der Waals surface area contributed by atoms with Crippen LogP contribution in [0, 0.1) is 0 Å². The van der Waals surface area contributed by atoms with Gasteiger partial charge in [0, 0.05) is 24.9 Å². The second-order valence-electron chi connectivity index (χ2n) is 5.37. The quantitative estimate of drug-likeness (QED) is 0.785. The third-order valence-corrected chi connectivity index (χ3v) is 4.71. The van der Waals surface area contributed by atoms with Crippen molar-refractivity contribution in [3.05, 3.63) is 0 Å². The van der Waals surface area contributed by atoms with Crippen LogP contribution in [-0.2, 0) is 4.79 Å². The summed E-state index contributed by atoms with van der Waals surface area (Å²) in [4.78, 5) is 26.9. The number of carbonyl (C=O) groups excluding carboxylic acids is 1. The molecule has 0 aromatic rings. The van der Waals surface area contributed by atoms with Crippen LogP contribution in [-0.4, -0.2) is 64.6 Å². The number of hydrogen-bond donors (Lipinski definition) is 1. The molecule has 0 aliphatic heterocycles. The minimum absolute atomic E-state index is 0.0906. The van der Waals surface area contributed by atoms with Crippen molar-refractivity contribution in [3.63, 3.8) is 0 Å².